The second kappa shape index (κ2) is 10.2. The van der Waals surface area contributed by atoms with E-state index in [4.69, 9.17) is 4.74 Å². The number of amides is 2. The molecule has 35 heavy (non-hydrogen) atoms. The molecule has 0 bridgehead atoms. The Hall–Kier alpha value is -3.85. The highest BCUT2D eigenvalue weighted by atomic mass is 32.2. The van der Waals surface area contributed by atoms with Gasteiger partial charge in [-0.3, -0.25) is 13.9 Å². The van der Waals surface area contributed by atoms with E-state index in [1.165, 1.54) is 19.2 Å². The van der Waals surface area contributed by atoms with Crippen LogP contribution in [0.3, 0.4) is 0 Å². The molecule has 4 rings (SSSR count). The molecule has 0 aliphatic carbocycles. The Kier molecular flexibility index (Phi) is 7.07. The number of ether oxygens (including phenoxy) is 1. The van der Waals surface area contributed by atoms with E-state index in [0.29, 0.717) is 24.4 Å². The summed E-state index contributed by atoms with van der Waals surface area (Å²) in [6.45, 7) is 2.06. The molecule has 0 radical (unpaired) electrons. The van der Waals surface area contributed by atoms with Crippen molar-refractivity contribution in [3.63, 3.8) is 0 Å². The fourth-order valence-corrected chi connectivity index (χ4v) is 5.44. The zero-order chi connectivity index (χ0) is 25.0. The largest absolute Gasteiger partial charge is 0.495 e. The lowest BCUT2D eigenvalue weighted by molar-refractivity contribution is -0.117. The minimum atomic E-state index is -4.07. The first kappa shape index (κ1) is 24.3. The van der Waals surface area contributed by atoms with Gasteiger partial charge in [0.25, 0.3) is 10.0 Å². The maximum Gasteiger partial charge on any atom is 0.264 e. The van der Waals surface area contributed by atoms with Crippen molar-refractivity contribution in [2.45, 2.75) is 24.7 Å². The Morgan fingerprint density at radius 1 is 1.06 bits per heavy atom. The van der Waals surface area contributed by atoms with Crippen LogP contribution in [0, 0.1) is 6.92 Å². The van der Waals surface area contributed by atoms with Gasteiger partial charge in [-0.15, -0.1) is 0 Å². The Morgan fingerprint density at radius 3 is 2.40 bits per heavy atom. The summed E-state index contributed by atoms with van der Waals surface area (Å²) in [6, 6.07) is 20.0. The zero-order valence-electron chi connectivity index (χ0n) is 19.6. The number of hydrogen-bond donors (Lipinski definition) is 1. The van der Waals surface area contributed by atoms with Crippen LogP contribution in [-0.4, -0.2) is 40.4 Å². The maximum atomic E-state index is 13.6. The zero-order valence-corrected chi connectivity index (χ0v) is 20.4. The van der Waals surface area contributed by atoms with Gasteiger partial charge in [0, 0.05) is 24.3 Å². The summed E-state index contributed by atoms with van der Waals surface area (Å²) < 4.78 is 33.6. The fourth-order valence-electron chi connectivity index (χ4n) is 3.99. The van der Waals surface area contributed by atoms with E-state index in [1.54, 1.807) is 59.5 Å². The predicted octanol–water partition coefficient (Wildman–Crippen LogP) is 3.96. The topological polar surface area (TPSA) is 96.0 Å². The molecular formula is C26H27N3O5S. The van der Waals surface area contributed by atoms with Crippen LogP contribution < -0.4 is 19.3 Å². The van der Waals surface area contributed by atoms with Gasteiger partial charge >= 0.3 is 0 Å². The van der Waals surface area contributed by atoms with Gasteiger partial charge in [-0.1, -0.05) is 24.3 Å². The third-order valence-electron chi connectivity index (χ3n) is 5.76. The van der Waals surface area contributed by atoms with Gasteiger partial charge in [0.1, 0.15) is 12.3 Å². The number of anilines is 3. The van der Waals surface area contributed by atoms with Crippen LogP contribution in [0.15, 0.2) is 77.7 Å². The quantitative estimate of drug-likeness (QED) is 0.512. The molecule has 1 saturated heterocycles. The molecule has 182 valence electrons. The van der Waals surface area contributed by atoms with Crippen molar-refractivity contribution < 1.29 is 22.7 Å². The molecule has 1 heterocycles. The molecule has 3 aromatic rings. The first-order valence-electron chi connectivity index (χ1n) is 11.2. The number of benzene rings is 3. The van der Waals surface area contributed by atoms with Crippen LogP contribution in [0.5, 0.6) is 5.75 Å². The van der Waals surface area contributed by atoms with Crippen LogP contribution in [0.1, 0.15) is 18.4 Å². The average molecular weight is 494 g/mol. The standard InChI is InChI=1S/C26H27N3O5S/c1-19-10-15-24(34-2)23(17-19)29(35(32,33)22-7-4-3-5-8-22)18-25(30)27-20-11-13-21(14-12-20)28-16-6-9-26(28)31/h3-5,7-8,10-15,17H,6,9,16,18H2,1-2H3,(H,27,30). The highest BCUT2D eigenvalue weighted by Gasteiger charge is 2.29. The summed E-state index contributed by atoms with van der Waals surface area (Å²) in [6.07, 6.45) is 1.36. The number of carbonyl (C=O) groups is 2. The van der Waals surface area contributed by atoms with Crippen molar-refractivity contribution in [1.29, 1.82) is 0 Å². The van der Waals surface area contributed by atoms with Gasteiger partial charge in [0.2, 0.25) is 11.8 Å². The molecule has 0 spiro atoms. The number of aryl methyl sites for hydroxylation is 1. The molecule has 0 saturated carbocycles. The molecule has 3 aromatic carbocycles. The summed E-state index contributed by atoms with van der Waals surface area (Å²) in [5.74, 6) is -0.101. The van der Waals surface area contributed by atoms with Crippen molar-refractivity contribution in [3.05, 3.63) is 78.4 Å². The Bertz CT molecular complexity index is 1320. The van der Waals surface area contributed by atoms with E-state index >= 15 is 0 Å². The molecular weight excluding hydrogens is 466 g/mol. The van der Waals surface area contributed by atoms with E-state index in [1.807, 2.05) is 13.0 Å². The van der Waals surface area contributed by atoms with Crippen LogP contribution >= 0.6 is 0 Å². The molecule has 1 aliphatic heterocycles. The van der Waals surface area contributed by atoms with E-state index in [0.717, 1.165) is 22.0 Å². The normalized spacial score (nSPS) is 13.5. The predicted molar refractivity (Wildman–Crippen MR) is 135 cm³/mol. The van der Waals surface area contributed by atoms with E-state index < -0.39 is 22.5 Å². The number of methoxy groups -OCH3 is 1. The molecule has 0 atom stereocenters. The Balaban J connectivity index is 1.60. The van der Waals surface area contributed by atoms with Crippen molar-refractivity contribution in [1.82, 2.24) is 0 Å². The number of hydrogen-bond acceptors (Lipinski definition) is 5. The lowest BCUT2D eigenvalue weighted by Gasteiger charge is -2.26. The molecule has 0 aromatic heterocycles. The van der Waals surface area contributed by atoms with Crippen LogP contribution in [-0.2, 0) is 19.6 Å². The van der Waals surface area contributed by atoms with Gasteiger partial charge in [-0.25, -0.2) is 8.42 Å². The molecule has 9 heteroatoms. The monoisotopic (exact) mass is 493 g/mol. The number of carbonyl (C=O) groups excluding carboxylic acids is 2. The maximum absolute atomic E-state index is 13.6. The second-order valence-electron chi connectivity index (χ2n) is 8.24. The molecule has 8 nitrogen and oxygen atoms in total. The average Bonchev–Trinajstić information content (AvgIpc) is 3.29. The number of nitrogens with zero attached hydrogens (tertiary/aromatic N) is 2. The first-order valence-corrected chi connectivity index (χ1v) is 12.7. The Morgan fingerprint density at radius 2 is 1.77 bits per heavy atom. The molecule has 1 aliphatic rings. The highest BCUT2D eigenvalue weighted by Crippen LogP contribution is 2.33. The molecule has 1 fully saturated rings. The summed E-state index contributed by atoms with van der Waals surface area (Å²) in [5, 5.41) is 2.76. The van der Waals surface area contributed by atoms with Gasteiger partial charge in [-0.2, -0.15) is 0 Å². The summed E-state index contributed by atoms with van der Waals surface area (Å²) >= 11 is 0. The molecule has 2 amide bonds. The summed E-state index contributed by atoms with van der Waals surface area (Å²) in [5.41, 5.74) is 2.36. The summed E-state index contributed by atoms with van der Waals surface area (Å²) in [4.78, 5) is 26.8. The lowest BCUT2D eigenvalue weighted by atomic mass is 10.2. The van der Waals surface area contributed by atoms with Gasteiger partial charge in [0.05, 0.1) is 17.7 Å². The smallest absolute Gasteiger partial charge is 0.264 e. The fraction of sp³-hybridized carbons (Fsp3) is 0.231. The minimum Gasteiger partial charge on any atom is -0.495 e. The van der Waals surface area contributed by atoms with Gasteiger partial charge in [-0.05, 0) is 67.4 Å². The molecule has 1 N–H and O–H groups in total. The van der Waals surface area contributed by atoms with Crippen molar-refractivity contribution in [2.24, 2.45) is 0 Å². The van der Waals surface area contributed by atoms with Gasteiger partial charge < -0.3 is 15.0 Å². The number of rotatable bonds is 8. The van der Waals surface area contributed by atoms with Crippen LogP contribution in [0.4, 0.5) is 17.1 Å². The van der Waals surface area contributed by atoms with E-state index in [2.05, 4.69) is 5.32 Å². The van der Waals surface area contributed by atoms with E-state index in [-0.39, 0.29) is 16.5 Å². The SMILES string of the molecule is COc1ccc(C)cc1N(CC(=O)Nc1ccc(N2CCCC2=O)cc1)S(=O)(=O)c1ccccc1. The van der Waals surface area contributed by atoms with Crippen LogP contribution in [0.2, 0.25) is 0 Å². The first-order chi connectivity index (χ1) is 16.8. The minimum absolute atomic E-state index is 0.0657. The van der Waals surface area contributed by atoms with Crippen LogP contribution in [0.25, 0.3) is 0 Å². The third kappa shape index (κ3) is 5.30. The molecule has 0 unspecified atom stereocenters. The van der Waals surface area contributed by atoms with Crippen molar-refractivity contribution >= 4 is 38.9 Å². The summed E-state index contributed by atoms with van der Waals surface area (Å²) in [7, 11) is -2.61. The number of nitrogens with one attached hydrogen (secondary N) is 1. The van der Waals surface area contributed by atoms with Crippen molar-refractivity contribution in [3.8, 4) is 5.75 Å². The van der Waals surface area contributed by atoms with Crippen molar-refractivity contribution in [2.75, 3.05) is 34.7 Å². The van der Waals surface area contributed by atoms with Gasteiger partial charge in [0.15, 0.2) is 0 Å². The second-order valence-corrected chi connectivity index (χ2v) is 10.1. The lowest BCUT2D eigenvalue weighted by Crippen LogP contribution is -2.38. The number of sulfonamides is 1. The third-order valence-corrected chi connectivity index (χ3v) is 7.53. The highest BCUT2D eigenvalue weighted by molar-refractivity contribution is 7.92. The van der Waals surface area contributed by atoms with E-state index in [9.17, 15) is 18.0 Å². The Labute approximate surface area is 205 Å².